The predicted octanol–water partition coefficient (Wildman–Crippen LogP) is 3.06. The molecule has 0 fully saturated rings. The van der Waals surface area contributed by atoms with E-state index in [4.69, 9.17) is 11.5 Å². The molecule has 0 aliphatic heterocycles. The number of nitrogens with two attached hydrogens (primary N) is 2. The fourth-order valence-corrected chi connectivity index (χ4v) is 2.18. The lowest BCUT2D eigenvalue weighted by Crippen LogP contribution is -2.05. The van der Waals surface area contributed by atoms with Crippen LogP contribution in [0.2, 0.25) is 0 Å². The van der Waals surface area contributed by atoms with Gasteiger partial charge < -0.3 is 16.8 Å². The van der Waals surface area contributed by atoms with Gasteiger partial charge in [0.1, 0.15) is 11.6 Å². The van der Waals surface area contributed by atoms with Crippen LogP contribution >= 0.6 is 0 Å². The first-order valence-corrected chi connectivity index (χ1v) is 7.09. The summed E-state index contributed by atoms with van der Waals surface area (Å²) in [6.07, 6.45) is 0. The Morgan fingerprint density at radius 3 is 2.48 bits per heavy atom. The molecule has 2 aromatic carbocycles. The van der Waals surface area contributed by atoms with Gasteiger partial charge in [-0.15, -0.1) is 0 Å². The Bertz CT molecular complexity index is 820. The summed E-state index contributed by atoms with van der Waals surface area (Å²) in [5, 5.41) is 3.19. The second kappa shape index (κ2) is 6.31. The molecule has 0 spiro atoms. The van der Waals surface area contributed by atoms with Crippen molar-refractivity contribution in [1.82, 2.24) is 9.97 Å². The minimum Gasteiger partial charge on any atom is -0.396 e. The maximum absolute atomic E-state index is 13.6. The summed E-state index contributed by atoms with van der Waals surface area (Å²) in [5.74, 6) is 0.211. The first-order valence-electron chi connectivity index (χ1n) is 7.09. The summed E-state index contributed by atoms with van der Waals surface area (Å²) >= 11 is 0. The van der Waals surface area contributed by atoms with Crippen LogP contribution in [0.3, 0.4) is 0 Å². The number of hydrogen-bond donors (Lipinski definition) is 3. The molecular formula is C17H16FN5. The quantitative estimate of drug-likeness (QED) is 0.644. The van der Waals surface area contributed by atoms with Crippen LogP contribution in [-0.2, 0) is 6.54 Å². The normalized spacial score (nSPS) is 10.5. The number of aromatic nitrogens is 2. The number of nitrogens with one attached hydrogen (secondary N) is 1. The van der Waals surface area contributed by atoms with Gasteiger partial charge in [0.2, 0.25) is 5.95 Å². The summed E-state index contributed by atoms with van der Waals surface area (Å²) < 4.78 is 13.6. The molecule has 6 heteroatoms. The van der Waals surface area contributed by atoms with Gasteiger partial charge in [-0.05, 0) is 17.7 Å². The first kappa shape index (κ1) is 14.8. The van der Waals surface area contributed by atoms with Crippen LogP contribution in [0.1, 0.15) is 5.56 Å². The van der Waals surface area contributed by atoms with E-state index >= 15 is 0 Å². The molecule has 0 saturated carbocycles. The summed E-state index contributed by atoms with van der Waals surface area (Å²) in [6, 6.07) is 16.2. The van der Waals surface area contributed by atoms with Gasteiger partial charge in [0.15, 0.2) is 0 Å². The van der Waals surface area contributed by atoms with Gasteiger partial charge in [0.25, 0.3) is 0 Å². The van der Waals surface area contributed by atoms with Crippen LogP contribution in [0.4, 0.5) is 21.8 Å². The lowest BCUT2D eigenvalue weighted by Gasteiger charge is -2.09. The van der Waals surface area contributed by atoms with Gasteiger partial charge in [0, 0.05) is 18.2 Å². The van der Waals surface area contributed by atoms with Crippen molar-refractivity contribution in [2.75, 3.05) is 16.8 Å². The van der Waals surface area contributed by atoms with Gasteiger partial charge in [-0.2, -0.15) is 4.98 Å². The topological polar surface area (TPSA) is 89.8 Å². The highest BCUT2D eigenvalue weighted by Gasteiger charge is 2.07. The monoisotopic (exact) mass is 309 g/mol. The Morgan fingerprint density at radius 2 is 1.74 bits per heavy atom. The number of nitrogens with zero attached hydrogens (tertiary/aromatic N) is 2. The van der Waals surface area contributed by atoms with E-state index in [1.54, 1.807) is 12.1 Å². The molecule has 116 valence electrons. The number of anilines is 3. The van der Waals surface area contributed by atoms with Crippen LogP contribution in [-0.4, -0.2) is 9.97 Å². The zero-order chi connectivity index (χ0) is 16.2. The Kier molecular flexibility index (Phi) is 4.05. The van der Waals surface area contributed by atoms with Crippen molar-refractivity contribution in [3.05, 3.63) is 66.0 Å². The molecule has 3 aromatic rings. The maximum Gasteiger partial charge on any atom is 0.222 e. The number of halogens is 1. The third kappa shape index (κ3) is 3.55. The van der Waals surface area contributed by atoms with E-state index < -0.39 is 5.82 Å². The van der Waals surface area contributed by atoms with E-state index in [2.05, 4.69) is 15.3 Å². The molecule has 1 heterocycles. The van der Waals surface area contributed by atoms with Gasteiger partial charge in [0.05, 0.1) is 11.4 Å². The van der Waals surface area contributed by atoms with Crippen LogP contribution in [0.5, 0.6) is 0 Å². The molecule has 0 unspecified atom stereocenters. The Hall–Kier alpha value is -3.15. The van der Waals surface area contributed by atoms with Crippen molar-refractivity contribution in [3.63, 3.8) is 0 Å². The Morgan fingerprint density at radius 1 is 0.957 bits per heavy atom. The van der Waals surface area contributed by atoms with E-state index in [1.807, 2.05) is 30.3 Å². The zero-order valence-electron chi connectivity index (χ0n) is 12.3. The second-order valence-electron chi connectivity index (χ2n) is 5.07. The van der Waals surface area contributed by atoms with E-state index in [0.29, 0.717) is 23.6 Å². The molecule has 23 heavy (non-hydrogen) atoms. The summed E-state index contributed by atoms with van der Waals surface area (Å²) in [5.41, 5.74) is 13.6. The van der Waals surface area contributed by atoms with Crippen LogP contribution in [0, 0.1) is 5.82 Å². The molecule has 0 aliphatic rings. The Labute approximate surface area is 133 Å². The molecule has 5 nitrogen and oxygen atoms in total. The fourth-order valence-electron chi connectivity index (χ4n) is 2.18. The number of nitrogen functional groups attached to an aromatic ring is 2. The lowest BCUT2D eigenvalue weighted by molar-refractivity contribution is 0.633. The van der Waals surface area contributed by atoms with Gasteiger partial charge in [-0.3, -0.25) is 0 Å². The standard InChI is InChI=1S/C17H16FN5/c18-13-8-12(6-7-14(13)19)15-9-16(23-17(20)22-15)21-10-11-4-2-1-3-5-11/h1-9H,10,19H2,(H3,20,21,22,23). The SMILES string of the molecule is Nc1nc(NCc2ccccc2)cc(-c2ccc(N)c(F)c2)n1. The molecule has 0 radical (unpaired) electrons. The van der Waals surface area contributed by atoms with Crippen molar-refractivity contribution in [2.24, 2.45) is 0 Å². The highest BCUT2D eigenvalue weighted by molar-refractivity contribution is 5.66. The van der Waals surface area contributed by atoms with E-state index in [1.165, 1.54) is 12.1 Å². The van der Waals surface area contributed by atoms with E-state index in [-0.39, 0.29) is 11.6 Å². The Balaban J connectivity index is 1.85. The van der Waals surface area contributed by atoms with Crippen LogP contribution < -0.4 is 16.8 Å². The van der Waals surface area contributed by atoms with Gasteiger partial charge in [-0.1, -0.05) is 36.4 Å². The zero-order valence-corrected chi connectivity index (χ0v) is 12.3. The molecule has 0 amide bonds. The molecule has 0 aliphatic carbocycles. The van der Waals surface area contributed by atoms with Gasteiger partial charge >= 0.3 is 0 Å². The molecule has 0 saturated heterocycles. The van der Waals surface area contributed by atoms with E-state index in [0.717, 1.165) is 5.56 Å². The smallest absolute Gasteiger partial charge is 0.222 e. The minimum atomic E-state index is -0.488. The lowest BCUT2D eigenvalue weighted by atomic mass is 10.1. The average Bonchev–Trinajstić information content (AvgIpc) is 2.56. The van der Waals surface area contributed by atoms with Crippen molar-refractivity contribution in [3.8, 4) is 11.3 Å². The molecule has 0 bridgehead atoms. The highest BCUT2D eigenvalue weighted by Crippen LogP contribution is 2.24. The number of benzene rings is 2. The van der Waals surface area contributed by atoms with Gasteiger partial charge in [-0.25, -0.2) is 9.37 Å². The molecular weight excluding hydrogens is 293 g/mol. The van der Waals surface area contributed by atoms with Crippen molar-refractivity contribution in [2.45, 2.75) is 6.54 Å². The third-order valence-corrected chi connectivity index (χ3v) is 3.36. The van der Waals surface area contributed by atoms with Crippen molar-refractivity contribution in [1.29, 1.82) is 0 Å². The van der Waals surface area contributed by atoms with Crippen molar-refractivity contribution < 1.29 is 4.39 Å². The summed E-state index contributed by atoms with van der Waals surface area (Å²) in [4.78, 5) is 8.30. The maximum atomic E-state index is 13.6. The summed E-state index contributed by atoms with van der Waals surface area (Å²) in [6.45, 7) is 0.604. The molecule has 1 aromatic heterocycles. The summed E-state index contributed by atoms with van der Waals surface area (Å²) in [7, 11) is 0. The third-order valence-electron chi connectivity index (χ3n) is 3.36. The fraction of sp³-hybridized carbons (Fsp3) is 0.0588. The van der Waals surface area contributed by atoms with Crippen molar-refractivity contribution >= 4 is 17.5 Å². The first-order chi connectivity index (χ1) is 11.1. The molecule has 5 N–H and O–H groups in total. The minimum absolute atomic E-state index is 0.0956. The number of rotatable bonds is 4. The average molecular weight is 309 g/mol. The number of hydrogen-bond acceptors (Lipinski definition) is 5. The van der Waals surface area contributed by atoms with E-state index in [9.17, 15) is 4.39 Å². The molecule has 3 rings (SSSR count). The largest absolute Gasteiger partial charge is 0.396 e. The second-order valence-corrected chi connectivity index (χ2v) is 5.07. The molecule has 0 atom stereocenters. The highest BCUT2D eigenvalue weighted by atomic mass is 19.1. The predicted molar refractivity (Wildman–Crippen MR) is 90.0 cm³/mol. The van der Waals surface area contributed by atoms with Crippen LogP contribution in [0.15, 0.2) is 54.6 Å². The van der Waals surface area contributed by atoms with Crippen LogP contribution in [0.25, 0.3) is 11.3 Å².